The number of nitriles is 1. The number of nitrogens with zero attached hydrogens (tertiary/aromatic N) is 2. The van der Waals surface area contributed by atoms with Crippen molar-refractivity contribution in [2.24, 2.45) is 0 Å². The molecule has 1 heterocycles. The quantitative estimate of drug-likeness (QED) is 0.821. The lowest BCUT2D eigenvalue weighted by molar-refractivity contribution is -0.276. The van der Waals surface area contributed by atoms with Crippen molar-refractivity contribution in [3.63, 3.8) is 0 Å². The lowest BCUT2D eigenvalue weighted by Crippen LogP contribution is -2.19. The van der Waals surface area contributed by atoms with Crippen LogP contribution in [0.25, 0.3) is 0 Å². The summed E-state index contributed by atoms with van der Waals surface area (Å²) in [6, 6.07) is 3.25. The van der Waals surface area contributed by atoms with E-state index in [1.165, 1.54) is 20.1 Å². The van der Waals surface area contributed by atoms with Gasteiger partial charge in [0.05, 0.1) is 19.6 Å². The molecule has 4 nitrogen and oxygen atoms in total. The Kier molecular flexibility index (Phi) is 3.78. The molecule has 0 atom stereocenters. The van der Waals surface area contributed by atoms with Gasteiger partial charge in [-0.05, 0) is 12.5 Å². The molecule has 0 spiro atoms. The fraction of sp³-hybridized carbons (Fsp3) is 0.400. The van der Waals surface area contributed by atoms with Gasteiger partial charge < -0.3 is 9.47 Å². The molecule has 0 aliphatic carbocycles. The topological polar surface area (TPSA) is 55.1 Å². The highest BCUT2D eigenvalue weighted by molar-refractivity contribution is 5.39. The third-order valence-corrected chi connectivity index (χ3v) is 2.00. The molecule has 7 heteroatoms. The standard InChI is InChI=1S/C10H9F3N2O2/c1-6-7(3-4-14)5-8(16-2)15-9(6)17-10(11,12)13/h5H,3H2,1-2H3. The van der Waals surface area contributed by atoms with Crippen molar-refractivity contribution in [2.45, 2.75) is 19.7 Å². The van der Waals surface area contributed by atoms with Gasteiger partial charge in [0.2, 0.25) is 11.8 Å². The van der Waals surface area contributed by atoms with Crippen molar-refractivity contribution in [1.29, 1.82) is 5.26 Å². The summed E-state index contributed by atoms with van der Waals surface area (Å²) in [5.74, 6) is -0.623. The van der Waals surface area contributed by atoms with Crippen LogP contribution in [0.2, 0.25) is 0 Å². The zero-order valence-corrected chi connectivity index (χ0v) is 9.13. The number of hydrogen-bond donors (Lipinski definition) is 0. The molecule has 1 rings (SSSR count). The van der Waals surface area contributed by atoms with Crippen LogP contribution in [0, 0.1) is 18.3 Å². The summed E-state index contributed by atoms with van der Waals surface area (Å²) in [5.41, 5.74) is 0.559. The Morgan fingerprint density at radius 3 is 2.59 bits per heavy atom. The molecule has 0 aliphatic heterocycles. The van der Waals surface area contributed by atoms with E-state index in [0.29, 0.717) is 5.56 Å². The van der Waals surface area contributed by atoms with Gasteiger partial charge in [0.15, 0.2) is 0 Å². The molecule has 1 aromatic rings. The maximum Gasteiger partial charge on any atom is 0.574 e. The van der Waals surface area contributed by atoms with Crippen molar-refractivity contribution in [1.82, 2.24) is 4.98 Å². The van der Waals surface area contributed by atoms with Gasteiger partial charge in [-0.2, -0.15) is 10.2 Å². The van der Waals surface area contributed by atoms with Gasteiger partial charge in [-0.3, -0.25) is 0 Å². The summed E-state index contributed by atoms with van der Waals surface area (Å²) in [6.45, 7) is 1.40. The van der Waals surface area contributed by atoms with E-state index in [-0.39, 0.29) is 17.9 Å². The second kappa shape index (κ2) is 4.91. The number of halogens is 3. The number of methoxy groups -OCH3 is 1. The fourth-order valence-electron chi connectivity index (χ4n) is 1.19. The highest BCUT2D eigenvalue weighted by Gasteiger charge is 2.33. The second-order valence-electron chi connectivity index (χ2n) is 3.14. The normalized spacial score (nSPS) is 10.8. The lowest BCUT2D eigenvalue weighted by atomic mass is 10.1. The Morgan fingerprint density at radius 1 is 1.47 bits per heavy atom. The first-order valence-corrected chi connectivity index (χ1v) is 4.54. The van der Waals surface area contributed by atoms with Crippen LogP contribution in [0.4, 0.5) is 13.2 Å². The first-order chi connectivity index (χ1) is 7.87. The first-order valence-electron chi connectivity index (χ1n) is 4.54. The van der Waals surface area contributed by atoms with E-state index in [9.17, 15) is 13.2 Å². The van der Waals surface area contributed by atoms with E-state index in [1.54, 1.807) is 0 Å². The molecular weight excluding hydrogens is 237 g/mol. The van der Waals surface area contributed by atoms with Crippen LogP contribution < -0.4 is 9.47 Å². The predicted octanol–water partition coefficient (Wildman–Crippen LogP) is 2.36. The molecule has 0 unspecified atom stereocenters. The number of pyridine rings is 1. The maximum atomic E-state index is 12.1. The Bertz CT molecular complexity index is 452. The highest BCUT2D eigenvalue weighted by Crippen LogP contribution is 2.29. The third kappa shape index (κ3) is 3.52. The van der Waals surface area contributed by atoms with Crippen molar-refractivity contribution in [3.05, 3.63) is 17.2 Å². The third-order valence-electron chi connectivity index (χ3n) is 2.00. The van der Waals surface area contributed by atoms with E-state index >= 15 is 0 Å². The molecule has 0 bridgehead atoms. The van der Waals surface area contributed by atoms with Gasteiger partial charge in [0.25, 0.3) is 0 Å². The van der Waals surface area contributed by atoms with Crippen LogP contribution in [0.5, 0.6) is 11.8 Å². The van der Waals surface area contributed by atoms with Gasteiger partial charge in [0, 0.05) is 11.6 Å². The second-order valence-corrected chi connectivity index (χ2v) is 3.14. The zero-order valence-electron chi connectivity index (χ0n) is 9.13. The van der Waals surface area contributed by atoms with Crippen molar-refractivity contribution in [3.8, 4) is 17.8 Å². The van der Waals surface area contributed by atoms with Gasteiger partial charge in [-0.15, -0.1) is 13.2 Å². The maximum absolute atomic E-state index is 12.1. The van der Waals surface area contributed by atoms with Crippen LogP contribution >= 0.6 is 0 Å². The van der Waals surface area contributed by atoms with Crippen molar-refractivity contribution >= 4 is 0 Å². The molecule has 92 valence electrons. The van der Waals surface area contributed by atoms with Gasteiger partial charge in [-0.1, -0.05) is 0 Å². The summed E-state index contributed by atoms with van der Waals surface area (Å²) in [6.07, 6.45) is -4.87. The smallest absolute Gasteiger partial charge is 0.481 e. The largest absolute Gasteiger partial charge is 0.574 e. The average molecular weight is 246 g/mol. The molecule has 0 saturated heterocycles. The molecule has 0 amide bonds. The van der Waals surface area contributed by atoms with E-state index in [0.717, 1.165) is 0 Å². The van der Waals surface area contributed by atoms with Crippen LogP contribution in [0.1, 0.15) is 11.1 Å². The molecule has 0 aromatic carbocycles. The number of alkyl halides is 3. The van der Waals surface area contributed by atoms with Gasteiger partial charge >= 0.3 is 6.36 Å². The van der Waals surface area contributed by atoms with Crippen LogP contribution in [0.15, 0.2) is 6.07 Å². The summed E-state index contributed by atoms with van der Waals surface area (Å²) < 4.78 is 44.8. The predicted molar refractivity (Wildman–Crippen MR) is 51.5 cm³/mol. The molecule has 17 heavy (non-hydrogen) atoms. The molecule has 0 radical (unpaired) electrons. The first kappa shape index (κ1) is 13.1. The van der Waals surface area contributed by atoms with Crippen molar-refractivity contribution < 1.29 is 22.6 Å². The molecule has 1 aromatic heterocycles. The average Bonchev–Trinajstić information content (AvgIpc) is 2.22. The SMILES string of the molecule is COc1cc(CC#N)c(C)c(OC(F)(F)F)n1. The molecule has 0 saturated carbocycles. The van der Waals surface area contributed by atoms with Gasteiger partial charge in [0.1, 0.15) is 0 Å². The number of hydrogen-bond acceptors (Lipinski definition) is 4. The minimum absolute atomic E-state index is 0.0277. The van der Waals surface area contributed by atoms with Crippen LogP contribution in [-0.4, -0.2) is 18.5 Å². The van der Waals surface area contributed by atoms with E-state index in [1.807, 2.05) is 6.07 Å². The van der Waals surface area contributed by atoms with E-state index in [2.05, 4.69) is 9.72 Å². The molecular formula is C10H9F3N2O2. The number of ether oxygens (including phenoxy) is 2. The van der Waals surface area contributed by atoms with Gasteiger partial charge in [-0.25, -0.2) is 0 Å². The van der Waals surface area contributed by atoms with E-state index < -0.39 is 12.2 Å². The summed E-state index contributed by atoms with van der Waals surface area (Å²) in [7, 11) is 1.27. The Balaban J connectivity index is 3.20. The molecule has 0 aliphatic rings. The zero-order chi connectivity index (χ0) is 13.1. The lowest BCUT2D eigenvalue weighted by Gasteiger charge is -2.13. The Labute approximate surface area is 95.6 Å². The Hall–Kier alpha value is -1.97. The highest BCUT2D eigenvalue weighted by atomic mass is 19.4. The summed E-state index contributed by atoms with van der Waals surface area (Å²) in [4.78, 5) is 3.55. The van der Waals surface area contributed by atoms with Crippen molar-refractivity contribution in [2.75, 3.05) is 7.11 Å². The fourth-order valence-corrected chi connectivity index (χ4v) is 1.19. The summed E-state index contributed by atoms with van der Waals surface area (Å²) in [5, 5.41) is 8.56. The van der Waals surface area contributed by atoms with E-state index in [4.69, 9.17) is 10.00 Å². The molecule has 0 N–H and O–H groups in total. The molecule has 0 fully saturated rings. The van der Waals surface area contributed by atoms with Crippen LogP contribution in [0.3, 0.4) is 0 Å². The summed E-state index contributed by atoms with van der Waals surface area (Å²) >= 11 is 0. The number of rotatable bonds is 3. The minimum Gasteiger partial charge on any atom is -0.481 e. The Morgan fingerprint density at radius 2 is 2.12 bits per heavy atom. The van der Waals surface area contributed by atoms with Crippen LogP contribution in [-0.2, 0) is 6.42 Å². The monoisotopic (exact) mass is 246 g/mol. The number of aromatic nitrogens is 1. The minimum atomic E-state index is -4.83.